The third kappa shape index (κ3) is 3.92. The fourth-order valence-corrected chi connectivity index (χ4v) is 1.27. The number of hydrogen-bond donors (Lipinski definition) is 1. The number of aliphatic imine (C=N–C) groups is 1. The normalized spacial score (nSPS) is 20.1. The Kier molecular flexibility index (Phi) is 5.46. The van der Waals surface area contributed by atoms with Crippen molar-refractivity contribution < 1.29 is 5.11 Å². The van der Waals surface area contributed by atoms with E-state index in [1.807, 2.05) is 40.7 Å². The number of amidine groups is 1. The minimum atomic E-state index is -0.507. The molecule has 1 heterocycles. The van der Waals surface area contributed by atoms with E-state index in [0.717, 1.165) is 5.84 Å². The van der Waals surface area contributed by atoms with Gasteiger partial charge in [-0.3, -0.25) is 0 Å². The molecule has 1 N–H and O–H groups in total. The van der Waals surface area contributed by atoms with Crippen LogP contribution in [0.3, 0.4) is 0 Å². The minimum absolute atomic E-state index is 0.507. The predicted octanol–water partition coefficient (Wildman–Crippen LogP) is 2.03. The van der Waals surface area contributed by atoms with Crippen LogP contribution in [-0.4, -0.2) is 34.5 Å². The third-order valence-corrected chi connectivity index (χ3v) is 1.93. The monoisotopic (exact) mass is 198 g/mol. The van der Waals surface area contributed by atoms with Gasteiger partial charge in [0.15, 0.2) is 0 Å². The first-order valence-electron chi connectivity index (χ1n) is 5.18. The van der Waals surface area contributed by atoms with Crippen LogP contribution in [0.15, 0.2) is 17.3 Å². The quantitative estimate of drug-likeness (QED) is 0.517. The summed E-state index contributed by atoms with van der Waals surface area (Å²) in [4.78, 5) is 6.24. The summed E-state index contributed by atoms with van der Waals surface area (Å²) in [5.41, 5.74) is -0.507. The van der Waals surface area contributed by atoms with Crippen LogP contribution >= 0.6 is 0 Å². The summed E-state index contributed by atoms with van der Waals surface area (Å²) in [6.07, 6.45) is 3.66. The largest absolute Gasteiger partial charge is 0.386 e. The molecule has 1 fully saturated rings. The Morgan fingerprint density at radius 3 is 2.29 bits per heavy atom. The van der Waals surface area contributed by atoms with Gasteiger partial charge in [0.1, 0.15) is 5.84 Å². The fraction of sp³-hybridized carbons (Fsp3) is 0.727. The van der Waals surface area contributed by atoms with Crippen molar-refractivity contribution in [2.45, 2.75) is 40.2 Å². The van der Waals surface area contributed by atoms with Crippen LogP contribution in [0.5, 0.6) is 0 Å². The molecule has 0 unspecified atom stereocenters. The number of hydrogen-bond acceptors (Lipinski definition) is 2. The first kappa shape index (κ1) is 13.2. The summed E-state index contributed by atoms with van der Waals surface area (Å²) >= 11 is 0. The first-order chi connectivity index (χ1) is 6.55. The topological polar surface area (TPSA) is 35.8 Å². The molecule has 0 amide bonds. The molecule has 0 saturated carbocycles. The van der Waals surface area contributed by atoms with Crippen LogP contribution in [0.25, 0.3) is 0 Å². The molecule has 0 aliphatic carbocycles. The maximum absolute atomic E-state index is 9.44. The highest BCUT2D eigenvalue weighted by Crippen LogP contribution is 2.19. The number of likely N-dealkylation sites (tertiary alicyclic amines) is 1. The number of rotatable bonds is 1. The van der Waals surface area contributed by atoms with Crippen molar-refractivity contribution in [3.8, 4) is 0 Å². The van der Waals surface area contributed by atoms with Gasteiger partial charge in [0.05, 0.1) is 5.60 Å². The van der Waals surface area contributed by atoms with Gasteiger partial charge in [-0.2, -0.15) is 0 Å². The standard InChI is InChI=1S/C9H16N2O.C2H6/c1-4-5-10-8(2)11-6-9(3,12)7-11;1-2/h4-5,12H,6-7H2,1-3H3;1-2H3/b5-4-,10-8?;. The predicted molar refractivity (Wildman–Crippen MR) is 61.5 cm³/mol. The summed E-state index contributed by atoms with van der Waals surface area (Å²) in [6.45, 7) is 11.1. The molecule has 0 atom stereocenters. The van der Waals surface area contributed by atoms with Gasteiger partial charge in [-0.15, -0.1) is 0 Å². The smallest absolute Gasteiger partial charge is 0.101 e. The third-order valence-electron chi connectivity index (χ3n) is 1.93. The number of allylic oxidation sites excluding steroid dienone is 1. The zero-order valence-corrected chi connectivity index (χ0v) is 9.91. The molecule has 0 radical (unpaired) electrons. The van der Waals surface area contributed by atoms with E-state index in [-0.39, 0.29) is 0 Å². The van der Waals surface area contributed by atoms with Crippen LogP contribution in [0.4, 0.5) is 0 Å². The van der Waals surface area contributed by atoms with Crippen molar-refractivity contribution >= 4 is 5.84 Å². The molecule has 0 aromatic carbocycles. The van der Waals surface area contributed by atoms with Gasteiger partial charge < -0.3 is 10.0 Å². The zero-order chi connectivity index (χ0) is 11.2. The van der Waals surface area contributed by atoms with E-state index in [4.69, 9.17) is 0 Å². The van der Waals surface area contributed by atoms with Crippen LogP contribution in [0.1, 0.15) is 34.6 Å². The SMILES string of the molecule is C/C=C\N=C(C)N1CC(C)(O)C1.CC. The summed E-state index contributed by atoms with van der Waals surface area (Å²) in [5, 5.41) is 9.44. The molecule has 0 aromatic rings. The van der Waals surface area contributed by atoms with Crippen molar-refractivity contribution in [2.75, 3.05) is 13.1 Å². The van der Waals surface area contributed by atoms with E-state index < -0.39 is 5.60 Å². The lowest BCUT2D eigenvalue weighted by molar-refractivity contribution is -0.0498. The van der Waals surface area contributed by atoms with Crippen molar-refractivity contribution in [3.05, 3.63) is 12.3 Å². The van der Waals surface area contributed by atoms with Crippen molar-refractivity contribution in [1.29, 1.82) is 0 Å². The molecule has 82 valence electrons. The molecular formula is C11H22N2O. The Labute approximate surface area is 87.1 Å². The molecule has 3 heteroatoms. The first-order valence-corrected chi connectivity index (χ1v) is 5.18. The average molecular weight is 198 g/mol. The highest BCUT2D eigenvalue weighted by molar-refractivity contribution is 5.81. The second-order valence-electron chi connectivity index (χ2n) is 3.51. The molecule has 3 nitrogen and oxygen atoms in total. The van der Waals surface area contributed by atoms with Crippen LogP contribution in [0, 0.1) is 0 Å². The van der Waals surface area contributed by atoms with E-state index in [0.29, 0.717) is 13.1 Å². The Morgan fingerprint density at radius 2 is 1.93 bits per heavy atom. The van der Waals surface area contributed by atoms with Gasteiger partial charge in [0, 0.05) is 19.3 Å². The Balaban J connectivity index is 0.000000791. The van der Waals surface area contributed by atoms with Crippen molar-refractivity contribution in [2.24, 2.45) is 4.99 Å². The van der Waals surface area contributed by atoms with Gasteiger partial charge in [0.25, 0.3) is 0 Å². The Bertz CT molecular complexity index is 211. The summed E-state index contributed by atoms with van der Waals surface area (Å²) in [7, 11) is 0. The highest BCUT2D eigenvalue weighted by atomic mass is 16.3. The van der Waals surface area contributed by atoms with Crippen LogP contribution < -0.4 is 0 Å². The number of nitrogens with zero attached hydrogens (tertiary/aromatic N) is 2. The molecule has 0 bridgehead atoms. The van der Waals surface area contributed by atoms with E-state index in [9.17, 15) is 5.11 Å². The van der Waals surface area contributed by atoms with Gasteiger partial charge in [-0.25, -0.2) is 4.99 Å². The van der Waals surface area contributed by atoms with Crippen molar-refractivity contribution in [3.63, 3.8) is 0 Å². The molecule has 1 aliphatic rings. The second kappa shape index (κ2) is 5.81. The van der Waals surface area contributed by atoms with Gasteiger partial charge >= 0.3 is 0 Å². The Morgan fingerprint density at radius 1 is 1.43 bits per heavy atom. The van der Waals surface area contributed by atoms with Gasteiger partial charge in [0.2, 0.25) is 0 Å². The highest BCUT2D eigenvalue weighted by Gasteiger charge is 2.36. The maximum atomic E-state index is 9.44. The maximum Gasteiger partial charge on any atom is 0.101 e. The minimum Gasteiger partial charge on any atom is -0.386 e. The molecule has 1 aliphatic heterocycles. The fourth-order valence-electron chi connectivity index (χ4n) is 1.27. The van der Waals surface area contributed by atoms with Crippen LogP contribution in [0.2, 0.25) is 0 Å². The summed E-state index contributed by atoms with van der Waals surface area (Å²) in [5.74, 6) is 0.972. The van der Waals surface area contributed by atoms with Gasteiger partial charge in [-0.05, 0) is 20.8 Å². The van der Waals surface area contributed by atoms with Gasteiger partial charge in [-0.1, -0.05) is 19.9 Å². The average Bonchev–Trinajstić information content (AvgIpc) is 2.13. The van der Waals surface area contributed by atoms with E-state index in [1.165, 1.54) is 0 Å². The lowest BCUT2D eigenvalue weighted by atomic mass is 9.97. The number of aliphatic hydroxyl groups is 1. The second-order valence-corrected chi connectivity index (χ2v) is 3.51. The lowest BCUT2D eigenvalue weighted by Gasteiger charge is -2.45. The molecule has 0 aromatic heterocycles. The molecule has 14 heavy (non-hydrogen) atoms. The van der Waals surface area contributed by atoms with Crippen molar-refractivity contribution in [1.82, 2.24) is 4.90 Å². The van der Waals surface area contributed by atoms with Crippen LogP contribution in [-0.2, 0) is 0 Å². The zero-order valence-electron chi connectivity index (χ0n) is 9.91. The van der Waals surface area contributed by atoms with E-state index >= 15 is 0 Å². The summed E-state index contributed by atoms with van der Waals surface area (Å²) < 4.78 is 0. The lowest BCUT2D eigenvalue weighted by Crippen LogP contribution is -2.61. The number of β-amino-alcohol motifs (C(OH)–C–C–N with tert-alkyl or cyclic N) is 1. The molecule has 0 spiro atoms. The van der Waals surface area contributed by atoms with E-state index in [1.54, 1.807) is 6.20 Å². The van der Waals surface area contributed by atoms with E-state index in [2.05, 4.69) is 9.89 Å². The Hall–Kier alpha value is -0.830. The molecular weight excluding hydrogens is 176 g/mol. The molecule has 1 rings (SSSR count). The molecule has 1 saturated heterocycles. The summed E-state index contributed by atoms with van der Waals surface area (Å²) in [6, 6.07) is 0.